The van der Waals surface area contributed by atoms with Crippen LogP contribution in [0.5, 0.6) is 0 Å². The molecule has 0 aliphatic heterocycles. The van der Waals surface area contributed by atoms with Gasteiger partial charge >= 0.3 is 0 Å². The van der Waals surface area contributed by atoms with Crippen molar-refractivity contribution in [2.24, 2.45) is 29.6 Å². The Balaban J connectivity index is 1.16. The van der Waals surface area contributed by atoms with Crippen LogP contribution in [0.25, 0.3) is 5.57 Å². The average molecular weight is 511 g/mol. The Hall–Kier alpha value is -1.44. The number of allylic oxidation sites excluding steroid dienone is 4. The lowest BCUT2D eigenvalue weighted by atomic mass is 9.68. The van der Waals surface area contributed by atoms with Crippen molar-refractivity contribution in [3.8, 4) is 0 Å². The summed E-state index contributed by atoms with van der Waals surface area (Å²) in [5.74, 6) is 3.32. The molecule has 0 amide bonds. The third-order valence-corrected chi connectivity index (χ3v) is 10.1. The minimum absolute atomic E-state index is 0.501. The van der Waals surface area contributed by atoms with Crippen LogP contribution in [0.15, 0.2) is 30.4 Å². The van der Waals surface area contributed by atoms with Gasteiger partial charge in [0.15, 0.2) is 11.6 Å². The van der Waals surface area contributed by atoms with E-state index in [1.54, 1.807) is 0 Å². The molecule has 1 aromatic rings. The van der Waals surface area contributed by atoms with Crippen LogP contribution in [0.4, 0.5) is 8.78 Å². The summed E-state index contributed by atoms with van der Waals surface area (Å²) in [6.07, 6.45) is 29.3. The number of halogens is 2. The highest BCUT2D eigenvalue weighted by Gasteiger charge is 2.31. The summed E-state index contributed by atoms with van der Waals surface area (Å²) in [5, 5.41) is 0. The molecule has 1 atom stereocenters. The number of aryl methyl sites for hydroxylation is 1. The number of benzene rings is 1. The van der Waals surface area contributed by atoms with Gasteiger partial charge in [0.05, 0.1) is 0 Å². The Bertz CT molecular complexity index is 881. The Morgan fingerprint density at radius 1 is 0.757 bits per heavy atom. The maximum absolute atomic E-state index is 14.8. The molecule has 0 N–H and O–H groups in total. The summed E-state index contributed by atoms with van der Waals surface area (Å²) in [6.45, 7) is 4.31. The third-order valence-electron chi connectivity index (χ3n) is 10.1. The highest BCUT2D eigenvalue weighted by atomic mass is 19.2. The first-order valence-electron chi connectivity index (χ1n) is 15.9. The molecule has 206 valence electrons. The summed E-state index contributed by atoms with van der Waals surface area (Å²) in [5.41, 5.74) is 2.05. The molecule has 0 heterocycles. The lowest BCUT2D eigenvalue weighted by molar-refractivity contribution is 0.141. The van der Waals surface area contributed by atoms with Gasteiger partial charge in [0.2, 0.25) is 0 Å². The van der Waals surface area contributed by atoms with Crippen molar-refractivity contribution >= 4 is 5.57 Å². The number of unbranched alkanes of at least 4 members (excludes halogenated alkanes) is 1. The highest BCUT2D eigenvalue weighted by Crippen LogP contribution is 2.44. The van der Waals surface area contributed by atoms with Crippen molar-refractivity contribution in [3.63, 3.8) is 0 Å². The average Bonchev–Trinajstić information content (AvgIpc) is 2.94. The zero-order chi connectivity index (χ0) is 26.0. The van der Waals surface area contributed by atoms with Crippen LogP contribution in [-0.2, 0) is 6.42 Å². The quantitative estimate of drug-likeness (QED) is 0.260. The first kappa shape index (κ1) is 28.6. The highest BCUT2D eigenvalue weighted by molar-refractivity contribution is 5.67. The first-order valence-corrected chi connectivity index (χ1v) is 15.9. The molecule has 2 fully saturated rings. The molecule has 0 bridgehead atoms. The molecule has 1 unspecified atom stereocenters. The van der Waals surface area contributed by atoms with Gasteiger partial charge < -0.3 is 0 Å². The minimum Gasteiger partial charge on any atom is -0.203 e. The van der Waals surface area contributed by atoms with Crippen LogP contribution in [0.2, 0.25) is 0 Å². The number of hydrogen-bond acceptors (Lipinski definition) is 0. The zero-order valence-corrected chi connectivity index (χ0v) is 23.8. The summed E-state index contributed by atoms with van der Waals surface area (Å²) < 4.78 is 29.4. The van der Waals surface area contributed by atoms with Crippen LogP contribution in [0.1, 0.15) is 134 Å². The molecule has 3 aliphatic rings. The fraction of sp³-hybridized carbons (Fsp3) is 0.714. The van der Waals surface area contributed by atoms with Crippen molar-refractivity contribution in [2.75, 3.05) is 0 Å². The Kier molecular flexibility index (Phi) is 11.3. The predicted octanol–water partition coefficient (Wildman–Crippen LogP) is 11.2. The van der Waals surface area contributed by atoms with E-state index in [9.17, 15) is 8.78 Å². The van der Waals surface area contributed by atoms with Gasteiger partial charge in [-0.2, -0.15) is 0 Å². The smallest absolute Gasteiger partial charge is 0.166 e. The van der Waals surface area contributed by atoms with Crippen LogP contribution >= 0.6 is 0 Å². The molecular formula is C35H52F2. The maximum atomic E-state index is 14.8. The van der Waals surface area contributed by atoms with Crippen molar-refractivity contribution in [1.29, 1.82) is 0 Å². The van der Waals surface area contributed by atoms with E-state index in [-0.39, 0.29) is 0 Å². The molecule has 1 aromatic carbocycles. The van der Waals surface area contributed by atoms with Crippen LogP contribution in [0.3, 0.4) is 0 Å². The summed E-state index contributed by atoms with van der Waals surface area (Å²) in [4.78, 5) is 0. The van der Waals surface area contributed by atoms with E-state index in [2.05, 4.69) is 32.1 Å². The fourth-order valence-electron chi connectivity index (χ4n) is 7.56. The molecular weight excluding hydrogens is 458 g/mol. The summed E-state index contributed by atoms with van der Waals surface area (Å²) in [6, 6.07) is 3.63. The van der Waals surface area contributed by atoms with E-state index >= 15 is 0 Å². The van der Waals surface area contributed by atoms with Crippen LogP contribution in [0, 0.1) is 41.2 Å². The van der Waals surface area contributed by atoms with Crippen LogP contribution in [-0.4, -0.2) is 0 Å². The van der Waals surface area contributed by atoms with Crippen molar-refractivity contribution < 1.29 is 8.78 Å². The topological polar surface area (TPSA) is 0 Å². The van der Waals surface area contributed by atoms with Gasteiger partial charge in [-0.3, -0.25) is 0 Å². The van der Waals surface area contributed by atoms with Gasteiger partial charge in [-0.15, -0.1) is 0 Å². The summed E-state index contributed by atoms with van der Waals surface area (Å²) in [7, 11) is 0. The predicted molar refractivity (Wildman–Crippen MR) is 154 cm³/mol. The van der Waals surface area contributed by atoms with Gasteiger partial charge in [-0.05, 0) is 131 Å². The number of hydrogen-bond donors (Lipinski definition) is 0. The molecule has 37 heavy (non-hydrogen) atoms. The zero-order valence-electron chi connectivity index (χ0n) is 23.8. The van der Waals surface area contributed by atoms with Gasteiger partial charge in [0.1, 0.15) is 0 Å². The SMILES string of the molecule is CC/C=C\CC1CCC(C2CCC(CCC3CC=C(c4ccc(CCCC)c(F)c4F)CC3)CC2)CC1. The Morgan fingerprint density at radius 2 is 1.43 bits per heavy atom. The van der Waals surface area contributed by atoms with Gasteiger partial charge in [-0.25, -0.2) is 8.78 Å². The normalized spacial score (nSPS) is 29.0. The van der Waals surface area contributed by atoms with Crippen molar-refractivity contribution in [2.45, 2.75) is 129 Å². The minimum atomic E-state index is -0.628. The Labute approximate surface area is 226 Å². The lowest BCUT2D eigenvalue weighted by Gasteiger charge is -2.38. The van der Waals surface area contributed by atoms with E-state index < -0.39 is 11.6 Å². The molecule has 2 heteroatoms. The van der Waals surface area contributed by atoms with Gasteiger partial charge in [0.25, 0.3) is 0 Å². The van der Waals surface area contributed by atoms with Crippen LogP contribution < -0.4 is 0 Å². The largest absolute Gasteiger partial charge is 0.203 e. The van der Waals surface area contributed by atoms with E-state index in [0.717, 1.165) is 67.3 Å². The second kappa shape index (κ2) is 14.6. The molecule has 0 saturated heterocycles. The number of rotatable bonds is 11. The van der Waals surface area contributed by atoms with E-state index in [0.29, 0.717) is 17.5 Å². The molecule has 4 rings (SSSR count). The van der Waals surface area contributed by atoms with E-state index in [1.807, 2.05) is 12.1 Å². The standard InChI is InChI=1S/C35H52F2/c1-3-5-7-8-26-12-18-29(19-13-26)30-20-14-27(15-21-30)10-11-28-16-22-31(23-17-28)33-25-24-32(9-6-4-2)34(36)35(33)37/h5,7,22,24-30H,3-4,6,8-21,23H2,1-2H3/b7-5-. The molecule has 0 radical (unpaired) electrons. The lowest BCUT2D eigenvalue weighted by Crippen LogP contribution is -2.26. The maximum Gasteiger partial charge on any atom is 0.166 e. The van der Waals surface area contributed by atoms with Gasteiger partial charge in [-0.1, -0.05) is 69.9 Å². The Morgan fingerprint density at radius 3 is 2.05 bits per heavy atom. The second-order valence-corrected chi connectivity index (χ2v) is 12.6. The molecule has 2 saturated carbocycles. The van der Waals surface area contributed by atoms with E-state index in [1.165, 1.54) is 77.0 Å². The molecule has 0 nitrogen and oxygen atoms in total. The molecule has 0 aromatic heterocycles. The van der Waals surface area contributed by atoms with Crippen molar-refractivity contribution in [3.05, 3.63) is 53.1 Å². The molecule has 0 spiro atoms. The molecule has 3 aliphatic carbocycles. The monoisotopic (exact) mass is 510 g/mol. The second-order valence-electron chi connectivity index (χ2n) is 12.6. The van der Waals surface area contributed by atoms with Crippen molar-refractivity contribution in [1.82, 2.24) is 0 Å². The fourth-order valence-corrected chi connectivity index (χ4v) is 7.56. The van der Waals surface area contributed by atoms with E-state index in [4.69, 9.17) is 0 Å². The van der Waals surface area contributed by atoms with Gasteiger partial charge in [0, 0.05) is 5.56 Å². The third kappa shape index (κ3) is 8.03. The first-order chi connectivity index (χ1) is 18.1. The summed E-state index contributed by atoms with van der Waals surface area (Å²) >= 11 is 0.